The maximum atomic E-state index is 14.2. The first-order valence-corrected chi connectivity index (χ1v) is 12.1. The van der Waals surface area contributed by atoms with Crippen LogP contribution in [0.1, 0.15) is 51.6 Å². The summed E-state index contributed by atoms with van der Waals surface area (Å²) in [5.74, 6) is 1.49. The van der Waals surface area contributed by atoms with Crippen molar-refractivity contribution in [3.8, 4) is 5.75 Å². The maximum absolute atomic E-state index is 14.2. The van der Waals surface area contributed by atoms with Crippen LogP contribution in [0.15, 0.2) is 65.6 Å². The molecule has 0 unspecified atom stereocenters. The minimum Gasteiger partial charge on any atom is -0.495 e. The van der Waals surface area contributed by atoms with Crippen LogP contribution < -0.4 is 10.3 Å². The van der Waals surface area contributed by atoms with Crippen LogP contribution in [-0.4, -0.2) is 16.2 Å². The van der Waals surface area contributed by atoms with Crippen molar-refractivity contribution in [3.05, 3.63) is 76.7 Å². The summed E-state index contributed by atoms with van der Waals surface area (Å²) in [6.45, 7) is 7.82. The zero-order chi connectivity index (χ0) is 23.0. The molecular formula is C29H32N2O2. The van der Waals surface area contributed by atoms with Crippen molar-refractivity contribution in [1.29, 1.82) is 0 Å². The molecule has 0 radical (unpaired) electrons. The molecule has 33 heavy (non-hydrogen) atoms. The second-order valence-corrected chi connectivity index (χ2v) is 11.0. The highest BCUT2D eigenvalue weighted by molar-refractivity contribution is 6.09. The van der Waals surface area contributed by atoms with E-state index in [4.69, 9.17) is 4.74 Å². The predicted octanol–water partition coefficient (Wildman–Crippen LogP) is 6.40. The molecule has 0 saturated heterocycles. The second kappa shape index (κ2) is 6.99. The van der Waals surface area contributed by atoms with Gasteiger partial charge in [0, 0.05) is 24.2 Å². The lowest BCUT2D eigenvalue weighted by Gasteiger charge is -2.43. The van der Waals surface area contributed by atoms with Gasteiger partial charge in [-0.15, -0.1) is 0 Å². The summed E-state index contributed by atoms with van der Waals surface area (Å²) in [5, 5.41) is 1.79. The summed E-state index contributed by atoms with van der Waals surface area (Å²) in [6, 6.07) is 18.8. The number of aromatic nitrogens is 2. The monoisotopic (exact) mass is 440 g/mol. The minimum atomic E-state index is 0.116. The summed E-state index contributed by atoms with van der Waals surface area (Å²) in [7, 11) is 1.70. The molecule has 2 aromatic heterocycles. The van der Waals surface area contributed by atoms with E-state index in [1.165, 1.54) is 24.8 Å². The topological polar surface area (TPSA) is 36.2 Å². The Morgan fingerprint density at radius 3 is 2.52 bits per heavy atom. The normalized spacial score (nSPS) is 25.8. The van der Waals surface area contributed by atoms with Gasteiger partial charge in [-0.2, -0.15) is 0 Å². The molecular weight excluding hydrogens is 408 g/mol. The molecule has 2 bridgehead atoms. The Morgan fingerprint density at radius 2 is 1.82 bits per heavy atom. The molecule has 3 atom stereocenters. The highest BCUT2D eigenvalue weighted by Gasteiger charge is 2.60. The second-order valence-electron chi connectivity index (χ2n) is 11.0. The van der Waals surface area contributed by atoms with Crippen LogP contribution >= 0.6 is 0 Å². The van der Waals surface area contributed by atoms with Gasteiger partial charge in [0.15, 0.2) is 0 Å². The van der Waals surface area contributed by atoms with Crippen LogP contribution in [0.3, 0.4) is 0 Å². The van der Waals surface area contributed by atoms with E-state index in [0.717, 1.165) is 27.6 Å². The van der Waals surface area contributed by atoms with E-state index in [9.17, 15) is 4.79 Å². The summed E-state index contributed by atoms with van der Waals surface area (Å²) in [5.41, 5.74) is 3.60. The first kappa shape index (κ1) is 20.6. The van der Waals surface area contributed by atoms with Crippen LogP contribution in [0.5, 0.6) is 5.75 Å². The van der Waals surface area contributed by atoms with Crippen LogP contribution in [0, 0.1) is 16.7 Å². The average molecular weight is 441 g/mol. The van der Waals surface area contributed by atoms with Crippen LogP contribution in [0.4, 0.5) is 0 Å². The van der Waals surface area contributed by atoms with Gasteiger partial charge in [-0.05, 0) is 53.7 Å². The molecule has 2 aliphatic carbocycles. The van der Waals surface area contributed by atoms with Gasteiger partial charge < -0.3 is 13.9 Å². The van der Waals surface area contributed by atoms with Gasteiger partial charge in [-0.1, -0.05) is 63.2 Å². The van der Waals surface area contributed by atoms with Crippen LogP contribution in [0.2, 0.25) is 0 Å². The summed E-state index contributed by atoms with van der Waals surface area (Å²) < 4.78 is 10.1. The standard InChI is InChI=1S/C29H32N2O2/c1-28(2)20-13-15-29(3,17-20)27(28)30-16-14-22-24(26(30)32)21-11-8-12-23(33-4)25(21)31(22)18-19-9-6-5-7-10-19/h5-12,14,16,20,27H,13,15,17-18H2,1-4H3/t20-,27+,29-/m0/s1. The number of hydrogen-bond donors (Lipinski definition) is 0. The van der Waals surface area contributed by atoms with Crippen molar-refractivity contribution in [2.75, 3.05) is 7.11 Å². The number of benzene rings is 2. The van der Waals surface area contributed by atoms with Gasteiger partial charge in [0.25, 0.3) is 5.56 Å². The van der Waals surface area contributed by atoms with Crippen LogP contribution in [0.25, 0.3) is 21.8 Å². The Hall–Kier alpha value is -3.01. The molecule has 2 heterocycles. The lowest BCUT2D eigenvalue weighted by atomic mass is 9.68. The Labute approximate surface area is 194 Å². The third-order valence-corrected chi connectivity index (χ3v) is 8.80. The lowest BCUT2D eigenvalue weighted by Crippen LogP contribution is -2.41. The third kappa shape index (κ3) is 2.79. The Kier molecular flexibility index (Phi) is 4.36. The molecule has 2 saturated carbocycles. The number of para-hydroxylation sites is 1. The smallest absolute Gasteiger partial charge is 0.260 e. The van der Waals surface area contributed by atoms with E-state index >= 15 is 0 Å². The van der Waals surface area contributed by atoms with Gasteiger partial charge in [-0.25, -0.2) is 0 Å². The lowest BCUT2D eigenvalue weighted by molar-refractivity contribution is 0.0811. The minimum absolute atomic E-state index is 0.116. The Balaban J connectivity index is 1.63. The number of pyridine rings is 1. The number of hydrogen-bond acceptors (Lipinski definition) is 2. The number of rotatable bonds is 4. The molecule has 0 spiro atoms. The fraction of sp³-hybridized carbons (Fsp3) is 0.414. The molecule has 6 rings (SSSR count). The van der Waals surface area contributed by atoms with Gasteiger partial charge in [0.2, 0.25) is 0 Å². The van der Waals surface area contributed by atoms with Gasteiger partial charge in [-0.3, -0.25) is 4.79 Å². The summed E-state index contributed by atoms with van der Waals surface area (Å²) in [4.78, 5) is 14.2. The first-order chi connectivity index (χ1) is 15.8. The molecule has 4 nitrogen and oxygen atoms in total. The quantitative estimate of drug-likeness (QED) is 0.368. The zero-order valence-corrected chi connectivity index (χ0v) is 20.0. The van der Waals surface area contributed by atoms with E-state index < -0.39 is 0 Å². The zero-order valence-electron chi connectivity index (χ0n) is 20.0. The van der Waals surface area contributed by atoms with E-state index in [0.29, 0.717) is 12.5 Å². The molecule has 0 amide bonds. The van der Waals surface area contributed by atoms with Crippen molar-refractivity contribution >= 4 is 21.8 Å². The molecule has 4 heteroatoms. The number of ether oxygens (including phenoxy) is 1. The largest absolute Gasteiger partial charge is 0.495 e. The summed E-state index contributed by atoms with van der Waals surface area (Å²) >= 11 is 0. The van der Waals surface area contributed by atoms with Crippen molar-refractivity contribution in [2.45, 2.75) is 52.6 Å². The number of fused-ring (bicyclic) bond motifs is 5. The maximum Gasteiger partial charge on any atom is 0.260 e. The highest BCUT2D eigenvalue weighted by atomic mass is 16.5. The molecule has 170 valence electrons. The van der Waals surface area contributed by atoms with E-state index in [-0.39, 0.29) is 22.4 Å². The van der Waals surface area contributed by atoms with Gasteiger partial charge in [0.1, 0.15) is 5.75 Å². The fourth-order valence-electron chi connectivity index (χ4n) is 7.41. The van der Waals surface area contributed by atoms with Crippen molar-refractivity contribution < 1.29 is 4.74 Å². The SMILES string of the molecule is COc1cccc2c3c(=O)n([C@@H]4C(C)(C)[C@H]5CC[C@@]4(C)C5)ccc3n(Cc3ccccc3)c12. The molecule has 2 fully saturated rings. The summed E-state index contributed by atoms with van der Waals surface area (Å²) in [6.07, 6.45) is 5.78. The van der Waals surface area contributed by atoms with Gasteiger partial charge >= 0.3 is 0 Å². The van der Waals surface area contributed by atoms with E-state index in [1.54, 1.807) is 7.11 Å². The van der Waals surface area contributed by atoms with E-state index in [1.807, 2.05) is 18.2 Å². The van der Waals surface area contributed by atoms with Crippen molar-refractivity contribution in [2.24, 2.45) is 16.7 Å². The predicted molar refractivity (Wildman–Crippen MR) is 134 cm³/mol. The fourth-order valence-corrected chi connectivity index (χ4v) is 7.41. The van der Waals surface area contributed by atoms with Crippen molar-refractivity contribution in [1.82, 2.24) is 9.13 Å². The highest BCUT2D eigenvalue weighted by Crippen LogP contribution is 2.67. The molecule has 2 aliphatic rings. The first-order valence-electron chi connectivity index (χ1n) is 12.1. The Bertz CT molecular complexity index is 1420. The van der Waals surface area contributed by atoms with Gasteiger partial charge in [0.05, 0.1) is 23.5 Å². The molecule has 0 N–H and O–H groups in total. The van der Waals surface area contributed by atoms with Crippen LogP contribution in [-0.2, 0) is 6.54 Å². The number of methoxy groups -OCH3 is 1. The molecule has 4 aromatic rings. The van der Waals surface area contributed by atoms with E-state index in [2.05, 4.69) is 72.5 Å². The Morgan fingerprint density at radius 1 is 1.03 bits per heavy atom. The average Bonchev–Trinajstić information content (AvgIpc) is 3.41. The molecule has 2 aromatic carbocycles. The molecule has 0 aliphatic heterocycles. The third-order valence-electron chi connectivity index (χ3n) is 8.80. The number of nitrogens with zero attached hydrogens (tertiary/aromatic N) is 2. The van der Waals surface area contributed by atoms with Crippen molar-refractivity contribution in [3.63, 3.8) is 0 Å².